The molecule has 6 nitrogen and oxygen atoms in total. The molecule has 0 aliphatic rings. The van der Waals surface area contributed by atoms with Gasteiger partial charge in [-0.15, -0.1) is 0 Å². The number of aromatic nitrogens is 1. The third-order valence-electron chi connectivity index (χ3n) is 4.12. The summed E-state index contributed by atoms with van der Waals surface area (Å²) < 4.78 is 14.6. The minimum Gasteiger partial charge on any atom is -0.346 e. The van der Waals surface area contributed by atoms with Crippen LogP contribution >= 0.6 is 23.2 Å². The molecule has 0 spiro atoms. The molecule has 3 rings (SSSR count). The minimum atomic E-state index is -0.843. The van der Waals surface area contributed by atoms with Gasteiger partial charge < -0.3 is 10.6 Å². The summed E-state index contributed by atoms with van der Waals surface area (Å²) in [5.74, 6) is -1.04. The van der Waals surface area contributed by atoms with Crippen LogP contribution in [0.25, 0.3) is 0 Å². The van der Waals surface area contributed by atoms with Gasteiger partial charge in [0.25, 0.3) is 5.91 Å². The number of benzene rings is 2. The number of halogens is 3. The highest BCUT2D eigenvalue weighted by Crippen LogP contribution is 2.26. The van der Waals surface area contributed by atoms with Crippen LogP contribution in [0.1, 0.15) is 27.7 Å². The van der Waals surface area contributed by atoms with Crippen molar-refractivity contribution in [2.45, 2.75) is 6.04 Å². The highest BCUT2D eigenvalue weighted by Gasteiger charge is 2.23. The number of nitrogens with zero attached hydrogens (tertiary/aromatic N) is 2. The van der Waals surface area contributed by atoms with E-state index in [1.807, 2.05) is 0 Å². The van der Waals surface area contributed by atoms with Gasteiger partial charge in [-0.2, -0.15) is 0 Å². The Morgan fingerprint density at radius 1 is 1.10 bits per heavy atom. The average molecular weight is 444 g/mol. The van der Waals surface area contributed by atoms with Crippen LogP contribution in [0, 0.1) is 11.2 Å². The molecule has 152 valence electrons. The third-order valence-corrected chi connectivity index (χ3v) is 4.57. The first-order valence-electron chi connectivity index (χ1n) is 8.72. The lowest BCUT2D eigenvalue weighted by molar-refractivity contribution is 0.0942. The molecule has 2 aromatic carbocycles. The fraction of sp³-hybridized carbons (Fsp3) is 0.0476. The van der Waals surface area contributed by atoms with Crippen LogP contribution < -0.4 is 10.6 Å². The maximum absolute atomic E-state index is 14.6. The predicted octanol–water partition coefficient (Wildman–Crippen LogP) is 5.09. The van der Waals surface area contributed by atoms with Crippen molar-refractivity contribution in [2.75, 3.05) is 5.32 Å². The number of hydrogen-bond acceptors (Lipinski definition) is 3. The smallest absolute Gasteiger partial charge is 0.252 e. The summed E-state index contributed by atoms with van der Waals surface area (Å²) in [4.78, 5) is 20.5. The van der Waals surface area contributed by atoms with E-state index in [1.165, 1.54) is 12.5 Å². The van der Waals surface area contributed by atoms with Gasteiger partial charge in [-0.05, 0) is 48.0 Å². The second-order valence-electron chi connectivity index (χ2n) is 6.11. The van der Waals surface area contributed by atoms with E-state index >= 15 is 0 Å². The topological polar surface area (TPSA) is 90.2 Å². The highest BCUT2D eigenvalue weighted by atomic mass is 35.5. The van der Waals surface area contributed by atoms with Crippen molar-refractivity contribution < 1.29 is 9.18 Å². The Bertz CT molecular complexity index is 1070. The van der Waals surface area contributed by atoms with Crippen molar-refractivity contribution in [1.29, 1.82) is 5.41 Å². The Hall–Kier alpha value is -3.29. The number of anilines is 1. The quantitative estimate of drug-likeness (QED) is 0.350. The summed E-state index contributed by atoms with van der Waals surface area (Å²) in [5.41, 5.74) is 1.72. The van der Waals surface area contributed by atoms with Gasteiger partial charge in [0.1, 0.15) is 17.8 Å². The number of nitrogens with one attached hydrogen (secondary N) is 3. The van der Waals surface area contributed by atoms with Crippen molar-refractivity contribution >= 4 is 47.5 Å². The molecule has 0 bridgehead atoms. The maximum Gasteiger partial charge on any atom is 0.252 e. The summed E-state index contributed by atoms with van der Waals surface area (Å²) in [6, 6.07) is 13.6. The third kappa shape index (κ3) is 5.40. The van der Waals surface area contributed by atoms with Gasteiger partial charge in [0.15, 0.2) is 0 Å². The Morgan fingerprint density at radius 3 is 2.43 bits per heavy atom. The van der Waals surface area contributed by atoms with Crippen molar-refractivity contribution in [3.05, 3.63) is 93.5 Å². The molecule has 1 heterocycles. The number of rotatable bonds is 7. The molecule has 0 saturated heterocycles. The van der Waals surface area contributed by atoms with Gasteiger partial charge in [-0.1, -0.05) is 35.3 Å². The monoisotopic (exact) mass is 443 g/mol. The zero-order valence-electron chi connectivity index (χ0n) is 15.4. The number of carbonyl (C=O) groups is 1. The molecule has 0 fully saturated rings. The van der Waals surface area contributed by atoms with Gasteiger partial charge in [-0.3, -0.25) is 15.2 Å². The van der Waals surface area contributed by atoms with Crippen LogP contribution in [-0.2, 0) is 0 Å². The summed E-state index contributed by atoms with van der Waals surface area (Å²) >= 11 is 11.8. The molecule has 0 aliphatic heterocycles. The Morgan fingerprint density at radius 2 is 1.80 bits per heavy atom. The fourth-order valence-corrected chi connectivity index (χ4v) is 2.95. The molecule has 0 saturated carbocycles. The van der Waals surface area contributed by atoms with Crippen molar-refractivity contribution in [1.82, 2.24) is 10.3 Å². The lowest BCUT2D eigenvalue weighted by atomic mass is 10.0. The molecule has 9 heteroatoms. The molecule has 0 unspecified atom stereocenters. The minimum absolute atomic E-state index is 0.0382. The zero-order valence-corrected chi connectivity index (χ0v) is 17.0. The van der Waals surface area contributed by atoms with E-state index in [0.29, 0.717) is 21.8 Å². The van der Waals surface area contributed by atoms with Gasteiger partial charge in [0.05, 0.1) is 17.4 Å². The van der Waals surface area contributed by atoms with E-state index in [-0.39, 0.29) is 10.7 Å². The number of pyridine rings is 1. The second kappa shape index (κ2) is 9.96. The van der Waals surface area contributed by atoms with Crippen LogP contribution in [0.15, 0.2) is 65.8 Å². The molecule has 0 radical (unpaired) electrons. The maximum atomic E-state index is 14.6. The number of hydrogen-bond donors (Lipinski definition) is 3. The van der Waals surface area contributed by atoms with Crippen LogP contribution in [0.3, 0.4) is 0 Å². The van der Waals surface area contributed by atoms with Gasteiger partial charge in [-0.25, -0.2) is 9.38 Å². The average Bonchev–Trinajstić information content (AvgIpc) is 2.74. The van der Waals surface area contributed by atoms with E-state index in [4.69, 9.17) is 28.6 Å². The van der Waals surface area contributed by atoms with Crippen LogP contribution in [0.5, 0.6) is 0 Å². The molecule has 1 atom stereocenters. The molecule has 0 aliphatic carbocycles. The molecule has 1 amide bonds. The number of carbonyl (C=O) groups excluding carboxylic acids is 1. The van der Waals surface area contributed by atoms with Crippen LogP contribution in [-0.4, -0.2) is 23.6 Å². The van der Waals surface area contributed by atoms with E-state index in [1.54, 1.807) is 48.5 Å². The zero-order chi connectivity index (χ0) is 21.5. The molecule has 3 aromatic rings. The molecule has 1 aromatic heterocycles. The first kappa shape index (κ1) is 21.4. The summed E-state index contributed by atoms with van der Waals surface area (Å²) in [7, 11) is 0. The number of aliphatic imine (C=N–C) groups is 1. The van der Waals surface area contributed by atoms with Crippen molar-refractivity contribution in [3.63, 3.8) is 0 Å². The van der Waals surface area contributed by atoms with Gasteiger partial charge >= 0.3 is 0 Å². The molecular formula is C21H16Cl2FN5O. The highest BCUT2D eigenvalue weighted by molar-refractivity contribution is 6.30. The SMILES string of the molecule is N=C/N=C\Nc1ccc(C(=O)N[C@@H](c2ccc(Cl)cc2)c2ncc(Cl)cc2F)cc1. The number of amides is 1. The largest absolute Gasteiger partial charge is 0.346 e. The standard InChI is InChI=1S/C21H16Cl2FN5O/c22-15-5-1-13(2-6-15)19(20-18(24)9-16(23)10-27-20)29-21(30)14-3-7-17(8-4-14)28-12-26-11-25/h1-12,19H,(H,29,30)(H2,25,26,28)/t19-/m0/s1. The Kier molecular flexibility index (Phi) is 7.11. The first-order chi connectivity index (χ1) is 14.5. The molecule has 3 N–H and O–H groups in total. The van der Waals surface area contributed by atoms with Crippen molar-refractivity contribution in [2.24, 2.45) is 4.99 Å². The fourth-order valence-electron chi connectivity index (χ4n) is 2.68. The normalized spacial score (nSPS) is 11.8. The van der Waals surface area contributed by atoms with E-state index < -0.39 is 17.8 Å². The molecular weight excluding hydrogens is 428 g/mol. The van der Waals surface area contributed by atoms with E-state index in [0.717, 1.165) is 12.4 Å². The predicted molar refractivity (Wildman–Crippen MR) is 117 cm³/mol. The Labute approximate surface area is 182 Å². The second-order valence-corrected chi connectivity index (χ2v) is 6.98. The van der Waals surface area contributed by atoms with E-state index in [2.05, 4.69) is 20.6 Å². The summed E-state index contributed by atoms with van der Waals surface area (Å²) in [5, 5.41) is 13.2. The summed E-state index contributed by atoms with van der Waals surface area (Å²) in [6.07, 6.45) is 3.58. The van der Waals surface area contributed by atoms with Gasteiger partial charge in [0, 0.05) is 22.5 Å². The molecule has 30 heavy (non-hydrogen) atoms. The lowest BCUT2D eigenvalue weighted by Gasteiger charge is -2.20. The van der Waals surface area contributed by atoms with Crippen LogP contribution in [0.2, 0.25) is 10.0 Å². The van der Waals surface area contributed by atoms with Crippen molar-refractivity contribution in [3.8, 4) is 0 Å². The lowest BCUT2D eigenvalue weighted by Crippen LogP contribution is -2.30. The van der Waals surface area contributed by atoms with Crippen LogP contribution in [0.4, 0.5) is 10.1 Å². The van der Waals surface area contributed by atoms with Gasteiger partial charge in [0.2, 0.25) is 0 Å². The van der Waals surface area contributed by atoms with E-state index in [9.17, 15) is 9.18 Å². The summed E-state index contributed by atoms with van der Waals surface area (Å²) in [6.45, 7) is 0. The first-order valence-corrected chi connectivity index (χ1v) is 9.48. The Balaban J connectivity index is 1.87.